The first-order valence-electron chi connectivity index (χ1n) is 7.40. The average molecular weight is 342 g/mol. The van der Waals surface area contributed by atoms with Crippen LogP contribution in [0.5, 0.6) is 0 Å². The van der Waals surface area contributed by atoms with Gasteiger partial charge in [-0.1, -0.05) is 0 Å². The molecule has 9 heteroatoms. The summed E-state index contributed by atoms with van der Waals surface area (Å²) in [6.45, 7) is 5.48. The van der Waals surface area contributed by atoms with Crippen molar-refractivity contribution in [3.63, 3.8) is 0 Å². The topological polar surface area (TPSA) is 115 Å². The third-order valence-electron chi connectivity index (χ3n) is 3.43. The Hall–Kier alpha value is -1.71. The Labute approximate surface area is 136 Å². The van der Waals surface area contributed by atoms with Crippen molar-refractivity contribution in [2.24, 2.45) is 5.14 Å². The van der Waals surface area contributed by atoms with E-state index in [2.05, 4.69) is 15.2 Å². The summed E-state index contributed by atoms with van der Waals surface area (Å²) in [7, 11) is -3.58. The predicted molar refractivity (Wildman–Crippen MR) is 86.8 cm³/mol. The smallest absolute Gasteiger partial charge is 0.252 e. The van der Waals surface area contributed by atoms with Crippen LogP contribution in [0.1, 0.15) is 24.2 Å². The van der Waals surface area contributed by atoms with Crippen molar-refractivity contribution < 1.29 is 17.9 Å². The van der Waals surface area contributed by atoms with Gasteiger partial charge in [0.2, 0.25) is 10.0 Å². The van der Waals surface area contributed by atoms with E-state index >= 15 is 0 Å². The van der Waals surface area contributed by atoms with Gasteiger partial charge in [0, 0.05) is 25.8 Å². The number of anilines is 1. The van der Waals surface area contributed by atoms with Gasteiger partial charge in [0.25, 0.3) is 5.91 Å². The molecule has 1 amide bonds. The van der Waals surface area contributed by atoms with E-state index in [1.807, 2.05) is 13.8 Å². The Bertz CT molecular complexity index is 637. The number of aromatic nitrogens is 1. The van der Waals surface area contributed by atoms with Crippen molar-refractivity contribution >= 4 is 21.7 Å². The van der Waals surface area contributed by atoms with Gasteiger partial charge in [-0.15, -0.1) is 0 Å². The Morgan fingerprint density at radius 2 is 2.04 bits per heavy atom. The first-order valence-corrected chi connectivity index (χ1v) is 9.11. The molecule has 1 aliphatic rings. The Balaban J connectivity index is 1.95. The number of ether oxygens (including phenoxy) is 1. The van der Waals surface area contributed by atoms with Crippen LogP contribution in [0.15, 0.2) is 18.3 Å². The third kappa shape index (κ3) is 5.45. The number of rotatable bonds is 5. The highest BCUT2D eigenvalue weighted by Crippen LogP contribution is 2.18. The van der Waals surface area contributed by atoms with Crippen LogP contribution in [0, 0.1) is 0 Å². The minimum absolute atomic E-state index is 0.0298. The number of primary sulfonamides is 1. The van der Waals surface area contributed by atoms with Crippen molar-refractivity contribution in [3.05, 3.63) is 23.9 Å². The van der Waals surface area contributed by atoms with Gasteiger partial charge in [-0.3, -0.25) is 4.79 Å². The molecule has 1 aliphatic heterocycles. The summed E-state index contributed by atoms with van der Waals surface area (Å²) in [6, 6.07) is 3.44. The van der Waals surface area contributed by atoms with E-state index in [1.54, 1.807) is 12.1 Å². The molecule has 128 valence electrons. The second-order valence-corrected chi connectivity index (χ2v) is 7.42. The van der Waals surface area contributed by atoms with Gasteiger partial charge in [0.15, 0.2) is 0 Å². The summed E-state index contributed by atoms with van der Waals surface area (Å²) in [6.07, 6.45) is 1.73. The molecule has 23 heavy (non-hydrogen) atoms. The molecule has 0 aliphatic carbocycles. The number of hydrogen-bond acceptors (Lipinski definition) is 6. The fourth-order valence-electron chi connectivity index (χ4n) is 2.48. The highest BCUT2D eigenvalue weighted by Gasteiger charge is 2.23. The van der Waals surface area contributed by atoms with Gasteiger partial charge in [-0.2, -0.15) is 0 Å². The molecular weight excluding hydrogens is 320 g/mol. The van der Waals surface area contributed by atoms with E-state index in [0.29, 0.717) is 5.56 Å². The van der Waals surface area contributed by atoms with E-state index in [0.717, 1.165) is 18.9 Å². The first kappa shape index (κ1) is 17.6. The second kappa shape index (κ2) is 7.24. The summed E-state index contributed by atoms with van der Waals surface area (Å²) < 4.78 is 27.3. The quantitative estimate of drug-likeness (QED) is 0.760. The molecule has 1 saturated heterocycles. The molecule has 0 bridgehead atoms. The van der Waals surface area contributed by atoms with Crippen LogP contribution in [0.25, 0.3) is 0 Å². The number of nitrogens with two attached hydrogens (primary N) is 1. The summed E-state index contributed by atoms with van der Waals surface area (Å²) >= 11 is 0. The molecule has 2 unspecified atom stereocenters. The van der Waals surface area contributed by atoms with Crippen LogP contribution in [-0.2, 0) is 14.8 Å². The van der Waals surface area contributed by atoms with E-state index in [-0.39, 0.29) is 30.4 Å². The highest BCUT2D eigenvalue weighted by molar-refractivity contribution is 7.89. The Kier molecular flexibility index (Phi) is 5.55. The lowest BCUT2D eigenvalue weighted by Gasteiger charge is -2.36. The number of sulfonamides is 1. The largest absolute Gasteiger partial charge is 0.372 e. The van der Waals surface area contributed by atoms with E-state index in [4.69, 9.17) is 9.88 Å². The zero-order valence-electron chi connectivity index (χ0n) is 13.2. The first-order chi connectivity index (χ1) is 10.7. The highest BCUT2D eigenvalue weighted by atomic mass is 32.2. The molecule has 1 aromatic rings. The number of nitrogens with zero attached hydrogens (tertiary/aromatic N) is 2. The van der Waals surface area contributed by atoms with Crippen LogP contribution >= 0.6 is 0 Å². The van der Waals surface area contributed by atoms with Crippen molar-refractivity contribution in [2.75, 3.05) is 30.3 Å². The summed E-state index contributed by atoms with van der Waals surface area (Å²) in [4.78, 5) is 18.3. The van der Waals surface area contributed by atoms with Gasteiger partial charge in [-0.05, 0) is 26.0 Å². The molecule has 0 spiro atoms. The van der Waals surface area contributed by atoms with Gasteiger partial charge in [-0.25, -0.2) is 18.5 Å². The molecule has 2 heterocycles. The average Bonchev–Trinajstić information content (AvgIpc) is 2.45. The molecule has 3 N–H and O–H groups in total. The van der Waals surface area contributed by atoms with Crippen molar-refractivity contribution in [1.82, 2.24) is 10.3 Å². The minimum atomic E-state index is -3.58. The van der Waals surface area contributed by atoms with E-state index < -0.39 is 10.0 Å². The van der Waals surface area contributed by atoms with Crippen LogP contribution in [-0.4, -0.2) is 56.9 Å². The molecular formula is C14H22N4O4S. The fourth-order valence-corrected chi connectivity index (χ4v) is 2.87. The summed E-state index contributed by atoms with van der Waals surface area (Å²) in [5.41, 5.74) is 0.373. The Morgan fingerprint density at radius 1 is 1.39 bits per heavy atom. The summed E-state index contributed by atoms with van der Waals surface area (Å²) in [5, 5.41) is 7.37. The standard InChI is InChI=1S/C14H22N4O4S/c1-10-8-18(9-11(2)22-10)13-4-3-12(7-17-13)14(19)16-5-6-23(15,20)21/h3-4,7,10-11H,5-6,8-9H2,1-2H3,(H,16,19)(H2,15,20,21). The predicted octanol–water partition coefficient (Wildman–Crippen LogP) is -0.286. The zero-order chi connectivity index (χ0) is 17.0. The SMILES string of the molecule is CC1CN(c2ccc(C(=O)NCCS(N)(=O)=O)cn2)CC(C)O1. The Morgan fingerprint density at radius 3 is 2.57 bits per heavy atom. The normalized spacial score (nSPS) is 22.0. The molecule has 0 aromatic carbocycles. The number of morpholine rings is 1. The molecule has 2 rings (SSSR count). The maximum Gasteiger partial charge on any atom is 0.252 e. The molecule has 0 radical (unpaired) electrons. The molecule has 1 fully saturated rings. The third-order valence-corrected chi connectivity index (χ3v) is 4.20. The minimum Gasteiger partial charge on any atom is -0.372 e. The van der Waals surface area contributed by atoms with Crippen molar-refractivity contribution in [3.8, 4) is 0 Å². The fraction of sp³-hybridized carbons (Fsp3) is 0.571. The zero-order valence-corrected chi connectivity index (χ0v) is 14.0. The van der Waals surface area contributed by atoms with Crippen LogP contribution in [0.4, 0.5) is 5.82 Å². The lowest BCUT2D eigenvalue weighted by atomic mass is 10.2. The molecule has 8 nitrogen and oxygen atoms in total. The van der Waals surface area contributed by atoms with Gasteiger partial charge >= 0.3 is 0 Å². The van der Waals surface area contributed by atoms with Crippen molar-refractivity contribution in [2.45, 2.75) is 26.1 Å². The number of carbonyl (C=O) groups is 1. The molecule has 2 atom stereocenters. The maximum atomic E-state index is 11.9. The number of hydrogen-bond donors (Lipinski definition) is 2. The summed E-state index contributed by atoms with van der Waals surface area (Å²) in [5.74, 6) is 0.109. The number of nitrogens with one attached hydrogen (secondary N) is 1. The van der Waals surface area contributed by atoms with Crippen molar-refractivity contribution in [1.29, 1.82) is 0 Å². The van der Waals surface area contributed by atoms with Crippen LogP contribution in [0.3, 0.4) is 0 Å². The van der Waals surface area contributed by atoms with E-state index in [9.17, 15) is 13.2 Å². The maximum absolute atomic E-state index is 11.9. The lowest BCUT2D eigenvalue weighted by molar-refractivity contribution is -0.00546. The van der Waals surface area contributed by atoms with E-state index in [1.165, 1.54) is 6.20 Å². The number of amides is 1. The van der Waals surface area contributed by atoms with Gasteiger partial charge in [0.1, 0.15) is 5.82 Å². The lowest BCUT2D eigenvalue weighted by Crippen LogP contribution is -2.45. The second-order valence-electron chi connectivity index (χ2n) is 5.69. The van der Waals surface area contributed by atoms with Gasteiger partial charge < -0.3 is 15.0 Å². The number of pyridine rings is 1. The monoisotopic (exact) mass is 342 g/mol. The molecule has 1 aromatic heterocycles. The van der Waals surface area contributed by atoms with Gasteiger partial charge in [0.05, 0.1) is 23.5 Å². The number of carbonyl (C=O) groups excluding carboxylic acids is 1. The van der Waals surface area contributed by atoms with Crippen LogP contribution < -0.4 is 15.4 Å². The molecule has 0 saturated carbocycles. The van der Waals surface area contributed by atoms with Crippen LogP contribution in [0.2, 0.25) is 0 Å².